The number of halogens is 2. The van der Waals surface area contributed by atoms with Crippen LogP contribution in [0.15, 0.2) is 77.3 Å². The normalized spacial score (nSPS) is 15.0. The first kappa shape index (κ1) is 30.2. The van der Waals surface area contributed by atoms with Gasteiger partial charge < -0.3 is 15.7 Å². The summed E-state index contributed by atoms with van der Waals surface area (Å²) in [4.78, 5) is 38.3. The number of carboxylic acids is 1. The van der Waals surface area contributed by atoms with E-state index < -0.39 is 24.6 Å². The van der Waals surface area contributed by atoms with Gasteiger partial charge in [0.25, 0.3) is 5.91 Å². The van der Waals surface area contributed by atoms with Crippen LogP contribution in [-0.2, 0) is 11.3 Å². The predicted octanol–water partition coefficient (Wildman–Crippen LogP) is 7.13. The predicted molar refractivity (Wildman–Crippen MR) is 161 cm³/mol. The van der Waals surface area contributed by atoms with Crippen LogP contribution in [0.4, 0.5) is 14.9 Å². The maximum absolute atomic E-state index is 13.6. The van der Waals surface area contributed by atoms with Crippen LogP contribution in [-0.4, -0.2) is 35.7 Å². The van der Waals surface area contributed by atoms with Crippen LogP contribution in [0.3, 0.4) is 0 Å². The Labute approximate surface area is 248 Å². The number of anilines is 1. The fourth-order valence-electron chi connectivity index (χ4n) is 5.06. The van der Waals surface area contributed by atoms with E-state index in [0.717, 1.165) is 21.3 Å². The average Bonchev–Trinajstić information content (AvgIpc) is 2.99. The Morgan fingerprint density at radius 1 is 0.951 bits per heavy atom. The van der Waals surface area contributed by atoms with Gasteiger partial charge in [-0.15, -0.1) is 0 Å². The lowest BCUT2D eigenvalue weighted by Crippen LogP contribution is -2.40. The Bertz CT molecular complexity index is 1330. The van der Waals surface area contributed by atoms with E-state index in [0.29, 0.717) is 5.92 Å². The third-order valence-electron chi connectivity index (χ3n) is 7.50. The number of rotatable bonds is 10. The summed E-state index contributed by atoms with van der Waals surface area (Å²) in [5.74, 6) is -1.64. The SMILES string of the molecule is CC(NC(=O)N(Cc1ccc(C(=O)NCC(F)C(=O)O)cc1)c1ccc(C2CCCCC2)cc1)c1ccc(Br)cc1. The van der Waals surface area contributed by atoms with E-state index >= 15 is 0 Å². The zero-order valence-corrected chi connectivity index (χ0v) is 24.6. The molecule has 3 amide bonds. The number of carboxylic acid groups (broad SMARTS) is 1. The second-order valence-electron chi connectivity index (χ2n) is 10.4. The zero-order chi connectivity index (χ0) is 29.4. The van der Waals surface area contributed by atoms with Gasteiger partial charge in [-0.3, -0.25) is 9.69 Å². The highest BCUT2D eigenvalue weighted by Gasteiger charge is 2.21. The molecule has 216 valence electrons. The molecule has 0 saturated heterocycles. The lowest BCUT2D eigenvalue weighted by molar-refractivity contribution is -0.142. The number of aliphatic carboxylic acids is 1. The molecule has 0 aromatic heterocycles. The van der Waals surface area contributed by atoms with Crippen molar-refractivity contribution in [1.29, 1.82) is 0 Å². The maximum atomic E-state index is 13.6. The van der Waals surface area contributed by atoms with Crippen molar-refractivity contribution >= 4 is 39.5 Å². The molecule has 0 aliphatic heterocycles. The third-order valence-corrected chi connectivity index (χ3v) is 8.03. The van der Waals surface area contributed by atoms with Gasteiger partial charge >= 0.3 is 12.0 Å². The molecule has 9 heteroatoms. The van der Waals surface area contributed by atoms with Gasteiger partial charge in [0.2, 0.25) is 6.17 Å². The quantitative estimate of drug-likeness (QED) is 0.224. The van der Waals surface area contributed by atoms with Crippen molar-refractivity contribution in [2.24, 2.45) is 0 Å². The van der Waals surface area contributed by atoms with Gasteiger partial charge in [-0.2, -0.15) is 0 Å². The first-order valence-corrected chi connectivity index (χ1v) is 14.7. The first-order valence-electron chi connectivity index (χ1n) is 13.9. The fourth-order valence-corrected chi connectivity index (χ4v) is 5.32. The first-order chi connectivity index (χ1) is 19.7. The van der Waals surface area contributed by atoms with Crippen LogP contribution in [0.5, 0.6) is 0 Å². The highest BCUT2D eigenvalue weighted by molar-refractivity contribution is 9.10. The largest absolute Gasteiger partial charge is 0.479 e. The Morgan fingerprint density at radius 3 is 2.20 bits per heavy atom. The number of carbonyl (C=O) groups excluding carboxylic acids is 2. The molecule has 1 aliphatic carbocycles. The fraction of sp³-hybridized carbons (Fsp3) is 0.344. The van der Waals surface area contributed by atoms with Crippen molar-refractivity contribution in [2.45, 2.75) is 63.7 Å². The minimum absolute atomic E-state index is 0.226. The summed E-state index contributed by atoms with van der Waals surface area (Å²) in [6.07, 6.45) is 3.99. The Balaban J connectivity index is 1.50. The maximum Gasteiger partial charge on any atom is 0.340 e. The van der Waals surface area contributed by atoms with Gasteiger partial charge in [0.05, 0.1) is 19.1 Å². The summed E-state index contributed by atoms with van der Waals surface area (Å²) < 4.78 is 14.3. The zero-order valence-electron chi connectivity index (χ0n) is 23.0. The van der Waals surface area contributed by atoms with Crippen molar-refractivity contribution in [3.05, 3.63) is 99.5 Å². The molecule has 2 unspecified atom stereocenters. The minimum atomic E-state index is -2.17. The topological polar surface area (TPSA) is 98.7 Å². The molecular weight excluding hydrogens is 589 g/mol. The molecule has 0 bridgehead atoms. The lowest BCUT2D eigenvalue weighted by Gasteiger charge is -2.27. The van der Waals surface area contributed by atoms with Crippen LogP contribution >= 0.6 is 15.9 Å². The van der Waals surface area contributed by atoms with Crippen LogP contribution < -0.4 is 15.5 Å². The number of benzene rings is 3. The Morgan fingerprint density at radius 2 is 1.59 bits per heavy atom. The number of nitrogens with one attached hydrogen (secondary N) is 2. The number of alkyl halides is 1. The number of nitrogens with zero attached hydrogens (tertiary/aromatic N) is 1. The molecule has 1 saturated carbocycles. The Hall–Kier alpha value is -3.72. The van der Waals surface area contributed by atoms with Crippen molar-refractivity contribution in [3.8, 4) is 0 Å². The molecular formula is C32H35BrFN3O4. The summed E-state index contributed by atoms with van der Waals surface area (Å²) in [5.41, 5.74) is 4.09. The second-order valence-corrected chi connectivity index (χ2v) is 11.4. The van der Waals surface area contributed by atoms with Gasteiger partial charge in [-0.25, -0.2) is 14.0 Å². The molecule has 1 fully saturated rings. The monoisotopic (exact) mass is 623 g/mol. The molecule has 7 nitrogen and oxygen atoms in total. The number of hydrogen-bond acceptors (Lipinski definition) is 3. The summed E-state index contributed by atoms with van der Waals surface area (Å²) in [6, 6.07) is 22.1. The van der Waals surface area contributed by atoms with Gasteiger partial charge in [0.1, 0.15) is 0 Å². The average molecular weight is 625 g/mol. The molecule has 3 aromatic rings. The van der Waals surface area contributed by atoms with E-state index in [1.54, 1.807) is 29.2 Å². The Kier molecular flexibility index (Phi) is 10.5. The summed E-state index contributed by atoms with van der Waals surface area (Å²) in [5, 5.41) is 14.1. The van der Waals surface area contributed by atoms with Gasteiger partial charge in [-0.1, -0.05) is 71.6 Å². The van der Waals surface area contributed by atoms with Crippen molar-refractivity contribution in [1.82, 2.24) is 10.6 Å². The molecule has 0 spiro atoms. The molecule has 3 N–H and O–H groups in total. The number of amides is 3. The molecule has 0 radical (unpaired) electrons. The number of carbonyl (C=O) groups is 3. The molecule has 3 aromatic carbocycles. The van der Waals surface area contributed by atoms with E-state index in [2.05, 4.69) is 38.7 Å². The molecule has 41 heavy (non-hydrogen) atoms. The van der Waals surface area contributed by atoms with Gasteiger partial charge in [0.15, 0.2) is 0 Å². The highest BCUT2D eigenvalue weighted by atomic mass is 79.9. The van der Waals surface area contributed by atoms with Crippen molar-refractivity contribution in [3.63, 3.8) is 0 Å². The second kappa shape index (κ2) is 14.3. The molecule has 4 rings (SSSR count). The van der Waals surface area contributed by atoms with E-state index in [-0.39, 0.29) is 24.2 Å². The summed E-state index contributed by atoms with van der Waals surface area (Å²) >= 11 is 3.44. The van der Waals surface area contributed by atoms with E-state index in [1.165, 1.54) is 37.7 Å². The molecule has 2 atom stereocenters. The van der Waals surface area contributed by atoms with Crippen LogP contribution in [0.1, 0.15) is 78.0 Å². The van der Waals surface area contributed by atoms with Gasteiger partial charge in [-0.05, 0) is 78.8 Å². The third kappa shape index (κ3) is 8.39. The van der Waals surface area contributed by atoms with Crippen molar-refractivity contribution < 1.29 is 23.9 Å². The van der Waals surface area contributed by atoms with Crippen LogP contribution in [0, 0.1) is 0 Å². The number of hydrogen-bond donors (Lipinski definition) is 3. The van der Waals surface area contributed by atoms with E-state index in [1.807, 2.05) is 43.3 Å². The van der Waals surface area contributed by atoms with Gasteiger partial charge in [0, 0.05) is 15.7 Å². The standard InChI is InChI=1S/C32H35BrFN3O4/c1-21(23-11-15-27(33)16-12-23)36-32(41)37(28-17-13-25(14-18-28)24-5-3-2-4-6-24)20-22-7-9-26(10-8-22)30(38)35-19-29(34)31(39)40/h7-18,21,24,29H,2-6,19-20H2,1H3,(H,35,38)(H,36,41)(H,39,40). The van der Waals surface area contributed by atoms with Crippen LogP contribution in [0.2, 0.25) is 0 Å². The summed E-state index contributed by atoms with van der Waals surface area (Å²) in [6.45, 7) is 1.58. The lowest BCUT2D eigenvalue weighted by atomic mass is 9.84. The van der Waals surface area contributed by atoms with Crippen LogP contribution in [0.25, 0.3) is 0 Å². The molecule has 0 heterocycles. The van der Waals surface area contributed by atoms with E-state index in [4.69, 9.17) is 5.11 Å². The summed E-state index contributed by atoms with van der Waals surface area (Å²) in [7, 11) is 0. The smallest absolute Gasteiger partial charge is 0.340 e. The van der Waals surface area contributed by atoms with E-state index in [9.17, 15) is 18.8 Å². The number of urea groups is 1. The minimum Gasteiger partial charge on any atom is -0.479 e. The molecule has 1 aliphatic rings. The van der Waals surface area contributed by atoms with Crippen molar-refractivity contribution in [2.75, 3.05) is 11.4 Å². The highest BCUT2D eigenvalue weighted by Crippen LogP contribution is 2.33.